The number of rotatable bonds is 7. The number of nitrogens with one attached hydrogen (secondary N) is 1. The molecule has 0 unspecified atom stereocenters. The summed E-state index contributed by atoms with van der Waals surface area (Å²) < 4.78 is 16.1. The lowest BCUT2D eigenvalue weighted by Crippen LogP contribution is -2.14. The first-order valence-corrected chi connectivity index (χ1v) is 6.67. The highest BCUT2D eigenvalue weighted by Gasteiger charge is 2.12. The van der Waals surface area contributed by atoms with Gasteiger partial charge in [0, 0.05) is 37.6 Å². The van der Waals surface area contributed by atoms with Gasteiger partial charge in [0.25, 0.3) is 0 Å². The van der Waals surface area contributed by atoms with Crippen LogP contribution >= 0.6 is 0 Å². The fourth-order valence-electron chi connectivity index (χ4n) is 2.08. The number of methoxy groups -OCH3 is 3. The minimum absolute atomic E-state index is 0.638. The van der Waals surface area contributed by atoms with Crippen LogP contribution in [0.1, 0.15) is 11.1 Å². The summed E-state index contributed by atoms with van der Waals surface area (Å²) in [5.74, 6) is 2.20. The average Bonchev–Trinajstić information content (AvgIpc) is 2.55. The van der Waals surface area contributed by atoms with Gasteiger partial charge in [-0.15, -0.1) is 0 Å². The second kappa shape index (κ2) is 7.50. The van der Waals surface area contributed by atoms with Crippen molar-refractivity contribution in [3.05, 3.63) is 47.8 Å². The number of nitrogens with zero attached hydrogens (tertiary/aromatic N) is 1. The number of pyridine rings is 1. The maximum atomic E-state index is 5.42. The first-order chi connectivity index (χ1) is 10.3. The van der Waals surface area contributed by atoms with E-state index in [-0.39, 0.29) is 0 Å². The summed E-state index contributed by atoms with van der Waals surface area (Å²) in [6.45, 7) is 1.39. The zero-order chi connectivity index (χ0) is 15.1. The lowest BCUT2D eigenvalue weighted by Gasteiger charge is -2.15. The minimum Gasteiger partial charge on any atom is -0.496 e. The van der Waals surface area contributed by atoms with E-state index in [4.69, 9.17) is 14.2 Å². The van der Waals surface area contributed by atoms with E-state index < -0.39 is 0 Å². The number of hydrogen-bond donors (Lipinski definition) is 1. The van der Waals surface area contributed by atoms with E-state index in [0.717, 1.165) is 23.6 Å². The van der Waals surface area contributed by atoms with Crippen molar-refractivity contribution in [1.82, 2.24) is 10.3 Å². The van der Waals surface area contributed by atoms with Crippen molar-refractivity contribution in [3.8, 4) is 17.2 Å². The normalized spacial score (nSPS) is 10.2. The van der Waals surface area contributed by atoms with Gasteiger partial charge in [-0.1, -0.05) is 0 Å². The zero-order valence-corrected chi connectivity index (χ0v) is 12.6. The summed E-state index contributed by atoms with van der Waals surface area (Å²) in [6, 6.07) is 7.67. The molecule has 0 atom stereocenters. The average molecular weight is 288 g/mol. The van der Waals surface area contributed by atoms with Gasteiger partial charge < -0.3 is 19.5 Å². The molecule has 5 nitrogen and oxygen atoms in total. The topological polar surface area (TPSA) is 52.6 Å². The van der Waals surface area contributed by atoms with Crippen LogP contribution in [0.3, 0.4) is 0 Å². The number of hydrogen-bond acceptors (Lipinski definition) is 5. The van der Waals surface area contributed by atoms with Gasteiger partial charge in [-0.05, 0) is 17.7 Å². The first-order valence-electron chi connectivity index (χ1n) is 6.67. The van der Waals surface area contributed by atoms with Gasteiger partial charge in [0.15, 0.2) is 0 Å². The van der Waals surface area contributed by atoms with Gasteiger partial charge in [0.2, 0.25) is 0 Å². The molecule has 0 bridgehead atoms. The van der Waals surface area contributed by atoms with E-state index >= 15 is 0 Å². The molecule has 1 N–H and O–H groups in total. The summed E-state index contributed by atoms with van der Waals surface area (Å²) >= 11 is 0. The van der Waals surface area contributed by atoms with Crippen molar-refractivity contribution < 1.29 is 14.2 Å². The van der Waals surface area contributed by atoms with Crippen LogP contribution in [0.4, 0.5) is 0 Å². The molecule has 0 radical (unpaired) electrons. The highest BCUT2D eigenvalue weighted by atomic mass is 16.5. The maximum Gasteiger partial charge on any atom is 0.130 e. The predicted molar refractivity (Wildman–Crippen MR) is 80.9 cm³/mol. The molecule has 5 heteroatoms. The Balaban J connectivity index is 2.11. The van der Waals surface area contributed by atoms with Gasteiger partial charge in [-0.2, -0.15) is 0 Å². The van der Waals surface area contributed by atoms with E-state index in [1.165, 1.54) is 5.56 Å². The van der Waals surface area contributed by atoms with Crippen molar-refractivity contribution in [2.24, 2.45) is 0 Å². The van der Waals surface area contributed by atoms with Gasteiger partial charge in [-0.3, -0.25) is 4.98 Å². The van der Waals surface area contributed by atoms with Crippen LogP contribution in [0.2, 0.25) is 0 Å². The fourth-order valence-corrected chi connectivity index (χ4v) is 2.08. The molecule has 0 aliphatic rings. The molecule has 0 saturated carbocycles. The molecule has 1 heterocycles. The highest BCUT2D eigenvalue weighted by Crippen LogP contribution is 2.33. The van der Waals surface area contributed by atoms with Crippen molar-refractivity contribution in [2.75, 3.05) is 21.3 Å². The van der Waals surface area contributed by atoms with Crippen molar-refractivity contribution in [2.45, 2.75) is 13.1 Å². The molecular formula is C16H20N2O3. The fraction of sp³-hybridized carbons (Fsp3) is 0.312. The highest BCUT2D eigenvalue weighted by molar-refractivity contribution is 5.50. The van der Waals surface area contributed by atoms with Gasteiger partial charge >= 0.3 is 0 Å². The molecule has 0 fully saturated rings. The third kappa shape index (κ3) is 3.86. The molecule has 0 amide bonds. The number of benzene rings is 1. The van der Waals surface area contributed by atoms with Crippen LogP contribution in [-0.2, 0) is 13.1 Å². The molecule has 2 rings (SSSR count). The predicted octanol–water partition coefficient (Wildman–Crippen LogP) is 2.40. The minimum atomic E-state index is 0.638. The second-order valence-corrected chi connectivity index (χ2v) is 4.47. The number of aromatic nitrogens is 1. The van der Waals surface area contributed by atoms with E-state index in [0.29, 0.717) is 12.3 Å². The SMILES string of the molecule is COc1cc(OC)c(CNCc2ccncc2)c(OC)c1. The molecular weight excluding hydrogens is 268 g/mol. The number of ether oxygens (including phenoxy) is 3. The Hall–Kier alpha value is -2.27. The lowest BCUT2D eigenvalue weighted by atomic mass is 10.1. The van der Waals surface area contributed by atoms with Crippen LogP contribution in [0.15, 0.2) is 36.7 Å². The van der Waals surface area contributed by atoms with E-state index in [1.807, 2.05) is 24.3 Å². The molecule has 0 saturated heterocycles. The second-order valence-electron chi connectivity index (χ2n) is 4.47. The molecule has 0 spiro atoms. The Morgan fingerprint density at radius 2 is 1.52 bits per heavy atom. The largest absolute Gasteiger partial charge is 0.496 e. The third-order valence-corrected chi connectivity index (χ3v) is 3.20. The van der Waals surface area contributed by atoms with E-state index in [9.17, 15) is 0 Å². The van der Waals surface area contributed by atoms with Crippen molar-refractivity contribution in [1.29, 1.82) is 0 Å². The van der Waals surface area contributed by atoms with Gasteiger partial charge in [-0.25, -0.2) is 0 Å². The van der Waals surface area contributed by atoms with Crippen LogP contribution in [0.25, 0.3) is 0 Å². The molecule has 0 aliphatic heterocycles. The smallest absolute Gasteiger partial charge is 0.130 e. The molecule has 112 valence electrons. The quantitative estimate of drug-likeness (QED) is 0.848. The third-order valence-electron chi connectivity index (χ3n) is 3.20. The Labute approximate surface area is 124 Å². The van der Waals surface area contributed by atoms with Crippen molar-refractivity contribution in [3.63, 3.8) is 0 Å². The standard InChI is InChI=1S/C16H20N2O3/c1-19-13-8-15(20-2)14(16(9-13)21-3)11-18-10-12-4-6-17-7-5-12/h4-9,18H,10-11H2,1-3H3. The zero-order valence-electron chi connectivity index (χ0n) is 12.6. The Morgan fingerprint density at radius 1 is 0.905 bits per heavy atom. The molecule has 1 aromatic heterocycles. The maximum absolute atomic E-state index is 5.42. The van der Waals surface area contributed by atoms with Crippen LogP contribution in [-0.4, -0.2) is 26.3 Å². The summed E-state index contributed by atoms with van der Waals surface area (Å²) in [5.41, 5.74) is 2.14. The first kappa shape index (κ1) is 15.1. The van der Waals surface area contributed by atoms with Crippen molar-refractivity contribution >= 4 is 0 Å². The van der Waals surface area contributed by atoms with E-state index in [1.54, 1.807) is 33.7 Å². The Kier molecular flexibility index (Phi) is 5.40. The summed E-state index contributed by atoms with van der Waals surface area (Å²) in [4.78, 5) is 4.00. The lowest BCUT2D eigenvalue weighted by molar-refractivity contribution is 0.366. The molecule has 21 heavy (non-hydrogen) atoms. The van der Waals surface area contributed by atoms with E-state index in [2.05, 4.69) is 10.3 Å². The van der Waals surface area contributed by atoms with Crippen LogP contribution in [0.5, 0.6) is 17.2 Å². The summed E-state index contributed by atoms with van der Waals surface area (Å²) in [5, 5.41) is 3.38. The van der Waals surface area contributed by atoms with Gasteiger partial charge in [0.1, 0.15) is 17.2 Å². The van der Waals surface area contributed by atoms with Crippen LogP contribution in [0, 0.1) is 0 Å². The summed E-state index contributed by atoms with van der Waals surface area (Å²) in [7, 11) is 4.90. The summed E-state index contributed by atoms with van der Waals surface area (Å²) in [6.07, 6.45) is 3.57. The van der Waals surface area contributed by atoms with Gasteiger partial charge in [0.05, 0.1) is 26.9 Å². The molecule has 2 aromatic rings. The van der Waals surface area contributed by atoms with Crippen LogP contribution < -0.4 is 19.5 Å². The molecule has 0 aliphatic carbocycles. The Bertz CT molecular complexity index is 548. The monoisotopic (exact) mass is 288 g/mol. The molecule has 1 aromatic carbocycles. The Morgan fingerprint density at radius 3 is 2.05 bits per heavy atom.